The van der Waals surface area contributed by atoms with Crippen molar-refractivity contribution < 1.29 is 4.79 Å². The number of aromatic nitrogens is 1. The monoisotopic (exact) mass is 160 g/mol. The number of nitrogens with zero attached hydrogens (tertiary/aromatic N) is 1. The Balaban J connectivity index is 2.54. The number of terminal acetylenes is 1. The summed E-state index contributed by atoms with van der Waals surface area (Å²) in [7, 11) is 0. The maximum atomic E-state index is 10.9. The topological polar surface area (TPSA) is 42.0 Å². The molecule has 0 spiro atoms. The number of anilines is 1. The molecule has 12 heavy (non-hydrogen) atoms. The highest BCUT2D eigenvalue weighted by Gasteiger charge is 1.98. The number of nitrogens with one attached hydrogen (secondary N) is 1. The summed E-state index contributed by atoms with van der Waals surface area (Å²) in [6, 6.07) is 5.27. The van der Waals surface area contributed by atoms with Gasteiger partial charge >= 0.3 is 0 Å². The molecular formula is C9H8N2O. The van der Waals surface area contributed by atoms with Gasteiger partial charge in [0.2, 0.25) is 5.91 Å². The minimum Gasteiger partial charge on any atom is -0.310 e. The summed E-state index contributed by atoms with van der Waals surface area (Å²) < 4.78 is 0. The van der Waals surface area contributed by atoms with Crippen LogP contribution in [0.15, 0.2) is 24.4 Å². The zero-order chi connectivity index (χ0) is 8.81. The quantitative estimate of drug-likeness (QED) is 0.657. The number of hydrogen-bond donors (Lipinski definition) is 1. The Morgan fingerprint density at radius 1 is 1.67 bits per heavy atom. The van der Waals surface area contributed by atoms with Gasteiger partial charge in [0.1, 0.15) is 5.82 Å². The molecule has 0 aliphatic rings. The largest absolute Gasteiger partial charge is 0.310 e. The van der Waals surface area contributed by atoms with Crippen LogP contribution in [0.2, 0.25) is 0 Å². The van der Waals surface area contributed by atoms with E-state index in [4.69, 9.17) is 6.42 Å². The molecule has 0 bridgehead atoms. The molecule has 1 heterocycles. The fourth-order valence-corrected chi connectivity index (χ4v) is 0.716. The van der Waals surface area contributed by atoms with Crippen LogP contribution in [0.25, 0.3) is 0 Å². The average Bonchev–Trinajstić information content (AvgIpc) is 2.06. The van der Waals surface area contributed by atoms with Crippen LogP contribution in [-0.2, 0) is 4.79 Å². The van der Waals surface area contributed by atoms with Gasteiger partial charge in [-0.3, -0.25) is 4.79 Å². The number of pyridine rings is 1. The number of hydrogen-bond acceptors (Lipinski definition) is 2. The van der Waals surface area contributed by atoms with Gasteiger partial charge in [-0.05, 0) is 12.1 Å². The molecule has 0 unspecified atom stereocenters. The van der Waals surface area contributed by atoms with Crippen molar-refractivity contribution in [2.75, 3.05) is 5.32 Å². The number of amides is 1. The zero-order valence-corrected chi connectivity index (χ0v) is 6.45. The molecule has 1 aromatic rings. The molecule has 1 aromatic heterocycles. The smallest absolute Gasteiger partial charge is 0.237 e. The Morgan fingerprint density at radius 3 is 3.08 bits per heavy atom. The first-order valence-electron chi connectivity index (χ1n) is 3.47. The summed E-state index contributed by atoms with van der Waals surface area (Å²) in [4.78, 5) is 14.8. The van der Waals surface area contributed by atoms with Crippen LogP contribution in [-0.4, -0.2) is 10.9 Å². The molecule has 0 fully saturated rings. The second-order valence-electron chi connectivity index (χ2n) is 2.14. The molecule has 1 amide bonds. The van der Waals surface area contributed by atoms with E-state index in [0.717, 1.165) is 0 Å². The van der Waals surface area contributed by atoms with E-state index in [-0.39, 0.29) is 12.3 Å². The van der Waals surface area contributed by atoms with E-state index >= 15 is 0 Å². The highest BCUT2D eigenvalue weighted by Crippen LogP contribution is 1.99. The fraction of sp³-hybridized carbons (Fsp3) is 0.111. The van der Waals surface area contributed by atoms with E-state index in [1.54, 1.807) is 24.4 Å². The second-order valence-corrected chi connectivity index (χ2v) is 2.14. The molecule has 3 heteroatoms. The lowest BCUT2D eigenvalue weighted by Crippen LogP contribution is -2.10. The van der Waals surface area contributed by atoms with Crippen molar-refractivity contribution in [3.63, 3.8) is 0 Å². The lowest BCUT2D eigenvalue weighted by Gasteiger charge is -1.99. The molecule has 0 saturated heterocycles. The Bertz CT molecular complexity index is 300. The van der Waals surface area contributed by atoms with Gasteiger partial charge in [0, 0.05) is 6.20 Å². The van der Waals surface area contributed by atoms with Gasteiger partial charge < -0.3 is 5.32 Å². The van der Waals surface area contributed by atoms with Crippen LogP contribution in [0, 0.1) is 12.3 Å². The van der Waals surface area contributed by atoms with E-state index in [1.807, 2.05) is 0 Å². The summed E-state index contributed by atoms with van der Waals surface area (Å²) in [5.74, 6) is 2.56. The molecule has 0 aromatic carbocycles. The number of carbonyl (C=O) groups excluding carboxylic acids is 1. The molecule has 0 radical (unpaired) electrons. The molecule has 60 valence electrons. The second kappa shape index (κ2) is 4.14. The van der Waals surface area contributed by atoms with Crippen molar-refractivity contribution in [2.24, 2.45) is 0 Å². The van der Waals surface area contributed by atoms with E-state index in [1.165, 1.54) is 0 Å². The predicted molar refractivity (Wildman–Crippen MR) is 46.3 cm³/mol. The first kappa shape index (κ1) is 8.28. The standard InChI is InChI=1S/C9H8N2O/c1-2-5-9(12)11-8-6-3-4-7-10-8/h1,3-4,6-7H,5H2,(H,10,11,12). The Labute approximate surface area is 70.8 Å². The van der Waals surface area contributed by atoms with Crippen LogP contribution in [0.1, 0.15) is 6.42 Å². The van der Waals surface area contributed by atoms with Gasteiger partial charge in [-0.1, -0.05) is 12.0 Å². The van der Waals surface area contributed by atoms with E-state index < -0.39 is 0 Å². The fourth-order valence-electron chi connectivity index (χ4n) is 0.716. The Kier molecular flexibility index (Phi) is 2.86. The van der Waals surface area contributed by atoms with Crippen molar-refractivity contribution in [1.29, 1.82) is 0 Å². The minimum atomic E-state index is -0.212. The highest BCUT2D eigenvalue weighted by molar-refractivity contribution is 5.91. The van der Waals surface area contributed by atoms with Gasteiger partial charge in [-0.2, -0.15) is 0 Å². The van der Waals surface area contributed by atoms with E-state index in [9.17, 15) is 4.79 Å². The molecule has 1 N–H and O–H groups in total. The first-order chi connectivity index (χ1) is 5.83. The molecule has 3 nitrogen and oxygen atoms in total. The van der Waals surface area contributed by atoms with Crippen molar-refractivity contribution in [2.45, 2.75) is 6.42 Å². The summed E-state index contributed by atoms with van der Waals surface area (Å²) in [5.41, 5.74) is 0. The summed E-state index contributed by atoms with van der Waals surface area (Å²) in [6.07, 6.45) is 6.63. The lowest BCUT2D eigenvalue weighted by molar-refractivity contribution is -0.115. The summed E-state index contributed by atoms with van der Waals surface area (Å²) >= 11 is 0. The van der Waals surface area contributed by atoms with Crippen molar-refractivity contribution in [3.05, 3.63) is 24.4 Å². The maximum Gasteiger partial charge on any atom is 0.237 e. The SMILES string of the molecule is C#CCC(=O)Nc1ccccn1. The normalized spacial score (nSPS) is 8.58. The highest BCUT2D eigenvalue weighted by atomic mass is 16.1. The molecule has 0 aliphatic heterocycles. The molecule has 1 rings (SSSR count). The molecule has 0 aliphatic carbocycles. The van der Waals surface area contributed by atoms with E-state index in [0.29, 0.717) is 5.82 Å². The van der Waals surface area contributed by atoms with Crippen molar-refractivity contribution >= 4 is 11.7 Å². The first-order valence-corrected chi connectivity index (χ1v) is 3.47. The van der Waals surface area contributed by atoms with Crippen LogP contribution in [0.4, 0.5) is 5.82 Å². The van der Waals surface area contributed by atoms with Crippen LogP contribution in [0.3, 0.4) is 0 Å². The third kappa shape index (κ3) is 2.43. The average molecular weight is 160 g/mol. The maximum absolute atomic E-state index is 10.9. The molecular weight excluding hydrogens is 152 g/mol. The van der Waals surface area contributed by atoms with E-state index in [2.05, 4.69) is 16.2 Å². The van der Waals surface area contributed by atoms with Gasteiger partial charge in [0.05, 0.1) is 6.42 Å². The lowest BCUT2D eigenvalue weighted by atomic mass is 10.4. The zero-order valence-electron chi connectivity index (χ0n) is 6.45. The Hall–Kier alpha value is -1.82. The predicted octanol–water partition coefficient (Wildman–Crippen LogP) is 1.04. The molecule has 0 saturated carbocycles. The number of rotatable bonds is 2. The van der Waals surface area contributed by atoms with Crippen LogP contribution in [0.5, 0.6) is 0 Å². The van der Waals surface area contributed by atoms with Gasteiger partial charge in [0.25, 0.3) is 0 Å². The summed E-state index contributed by atoms with van der Waals surface area (Å²) in [5, 5.41) is 2.55. The molecule has 0 atom stereocenters. The Morgan fingerprint density at radius 2 is 2.50 bits per heavy atom. The number of carbonyl (C=O) groups is 1. The third-order valence-corrected chi connectivity index (χ3v) is 1.20. The van der Waals surface area contributed by atoms with Gasteiger partial charge in [-0.25, -0.2) is 4.98 Å². The van der Waals surface area contributed by atoms with Gasteiger partial charge in [0.15, 0.2) is 0 Å². The third-order valence-electron chi connectivity index (χ3n) is 1.20. The van der Waals surface area contributed by atoms with Gasteiger partial charge in [-0.15, -0.1) is 6.42 Å². The van der Waals surface area contributed by atoms with Crippen molar-refractivity contribution in [1.82, 2.24) is 4.98 Å². The van der Waals surface area contributed by atoms with Crippen LogP contribution < -0.4 is 5.32 Å². The summed E-state index contributed by atoms with van der Waals surface area (Å²) in [6.45, 7) is 0. The minimum absolute atomic E-state index is 0.0799. The van der Waals surface area contributed by atoms with Crippen LogP contribution >= 0.6 is 0 Å². The van der Waals surface area contributed by atoms with Crippen molar-refractivity contribution in [3.8, 4) is 12.3 Å².